The molecule has 1 heterocycles. The number of methoxy groups -OCH3 is 1. The molecule has 0 saturated heterocycles. The van der Waals surface area contributed by atoms with Crippen LogP contribution in [0, 0.1) is 0 Å². The van der Waals surface area contributed by atoms with Crippen molar-refractivity contribution in [2.24, 2.45) is 0 Å². The average Bonchev–Trinajstić information content (AvgIpc) is 3.06. The van der Waals surface area contributed by atoms with E-state index in [4.69, 9.17) is 37.4 Å². The molecule has 30 heavy (non-hydrogen) atoms. The number of hydrogen-bond donors (Lipinski definition) is 0. The number of benzene rings is 3. The molecule has 1 aliphatic rings. The number of hydrogen-bond acceptors (Lipinski definition) is 5. The molecule has 4 rings (SSSR count). The van der Waals surface area contributed by atoms with Gasteiger partial charge >= 0.3 is 5.97 Å². The van der Waals surface area contributed by atoms with Crippen LogP contribution < -0.4 is 14.2 Å². The molecule has 0 aliphatic carbocycles. The molecule has 0 N–H and O–H groups in total. The molecule has 5 nitrogen and oxygen atoms in total. The molecule has 0 radical (unpaired) electrons. The van der Waals surface area contributed by atoms with Gasteiger partial charge in [0.05, 0.1) is 28.3 Å². The Hall–Kier alpha value is -3.28. The summed E-state index contributed by atoms with van der Waals surface area (Å²) in [7, 11) is 1.54. The first-order valence-electron chi connectivity index (χ1n) is 8.85. The number of carbonyl (C=O) groups excluding carboxylic acids is 2. The van der Waals surface area contributed by atoms with Crippen molar-refractivity contribution in [2.75, 3.05) is 7.11 Å². The summed E-state index contributed by atoms with van der Waals surface area (Å²) in [5.41, 5.74) is 1.29. The van der Waals surface area contributed by atoms with Gasteiger partial charge in [-0.2, -0.15) is 0 Å². The maximum Gasteiger partial charge on any atom is 0.343 e. The Labute approximate surface area is 182 Å². The average molecular weight is 441 g/mol. The summed E-state index contributed by atoms with van der Waals surface area (Å²) in [5, 5.41) is 0.704. The lowest BCUT2D eigenvalue weighted by Crippen LogP contribution is -2.08. The van der Waals surface area contributed by atoms with Gasteiger partial charge in [-0.3, -0.25) is 4.79 Å². The van der Waals surface area contributed by atoms with Gasteiger partial charge in [-0.15, -0.1) is 0 Å². The number of esters is 1. The highest BCUT2D eigenvalue weighted by Gasteiger charge is 2.28. The molecule has 3 aromatic carbocycles. The number of halogens is 2. The second-order valence-electron chi connectivity index (χ2n) is 6.36. The smallest absolute Gasteiger partial charge is 0.343 e. The van der Waals surface area contributed by atoms with Crippen LogP contribution in [0.1, 0.15) is 26.3 Å². The number of Topliss-reactive ketones (excluding diaryl/α,β-unsaturated/α-hetero) is 1. The first kappa shape index (κ1) is 20.0. The van der Waals surface area contributed by atoms with E-state index < -0.39 is 5.97 Å². The molecule has 0 atom stereocenters. The highest BCUT2D eigenvalue weighted by atomic mass is 35.5. The van der Waals surface area contributed by atoms with Crippen LogP contribution in [0.4, 0.5) is 0 Å². The van der Waals surface area contributed by atoms with Crippen LogP contribution >= 0.6 is 23.2 Å². The summed E-state index contributed by atoms with van der Waals surface area (Å²) in [6.45, 7) is 0. The van der Waals surface area contributed by atoms with E-state index in [-0.39, 0.29) is 17.3 Å². The van der Waals surface area contributed by atoms with Crippen LogP contribution in [0.2, 0.25) is 10.0 Å². The summed E-state index contributed by atoms with van der Waals surface area (Å²) in [6, 6.07) is 16.2. The van der Waals surface area contributed by atoms with Gasteiger partial charge in [0.25, 0.3) is 0 Å². The third-order valence-electron chi connectivity index (χ3n) is 4.45. The minimum absolute atomic E-state index is 0.104. The molecule has 150 valence electrons. The van der Waals surface area contributed by atoms with Crippen LogP contribution in [-0.2, 0) is 0 Å². The van der Waals surface area contributed by atoms with Crippen LogP contribution in [0.3, 0.4) is 0 Å². The molecule has 0 fully saturated rings. The minimum Gasteiger partial charge on any atom is -0.497 e. The molecule has 0 bridgehead atoms. The molecule has 0 unspecified atom stereocenters. The molecular weight excluding hydrogens is 427 g/mol. The first-order valence-corrected chi connectivity index (χ1v) is 9.60. The molecule has 0 saturated carbocycles. The maximum absolute atomic E-state index is 12.6. The van der Waals surface area contributed by atoms with Crippen molar-refractivity contribution in [3.8, 4) is 17.2 Å². The quantitative estimate of drug-likeness (QED) is 0.289. The van der Waals surface area contributed by atoms with Gasteiger partial charge in [-0.1, -0.05) is 35.3 Å². The fourth-order valence-electron chi connectivity index (χ4n) is 2.90. The van der Waals surface area contributed by atoms with E-state index in [1.807, 2.05) is 0 Å². The number of allylic oxidation sites excluding steroid dienone is 1. The predicted molar refractivity (Wildman–Crippen MR) is 114 cm³/mol. The molecule has 1 aliphatic heterocycles. The van der Waals surface area contributed by atoms with Crippen LogP contribution in [0.5, 0.6) is 17.2 Å². The summed E-state index contributed by atoms with van der Waals surface area (Å²) >= 11 is 12.2. The second kappa shape index (κ2) is 8.22. The molecule has 0 amide bonds. The predicted octanol–water partition coefficient (Wildman–Crippen LogP) is 5.84. The van der Waals surface area contributed by atoms with E-state index >= 15 is 0 Å². The standard InChI is InChI=1S/C23H14Cl2O5/c1-28-15-7-5-13(6-8-15)23(27)29-16-9-10-17-19(12-16)30-20(22(17)26)11-14-3-2-4-18(24)21(14)25/h2-12H,1H3. The van der Waals surface area contributed by atoms with Crippen molar-refractivity contribution in [2.45, 2.75) is 0 Å². The fourth-order valence-corrected chi connectivity index (χ4v) is 3.26. The van der Waals surface area contributed by atoms with Gasteiger partial charge in [0, 0.05) is 6.07 Å². The normalized spacial score (nSPS) is 13.7. The lowest BCUT2D eigenvalue weighted by Gasteiger charge is -2.06. The highest BCUT2D eigenvalue weighted by molar-refractivity contribution is 6.43. The molecule has 7 heteroatoms. The molecule has 0 spiro atoms. The fraction of sp³-hybridized carbons (Fsp3) is 0.0435. The third-order valence-corrected chi connectivity index (χ3v) is 5.28. The third kappa shape index (κ3) is 3.90. The van der Waals surface area contributed by atoms with Crippen LogP contribution in [-0.4, -0.2) is 18.9 Å². The molecule has 0 aromatic heterocycles. The van der Waals surface area contributed by atoms with Gasteiger partial charge in [0.1, 0.15) is 17.2 Å². The van der Waals surface area contributed by atoms with Gasteiger partial charge in [-0.05, 0) is 54.1 Å². The van der Waals surface area contributed by atoms with E-state index in [1.54, 1.807) is 55.6 Å². The van der Waals surface area contributed by atoms with Gasteiger partial charge in [0.2, 0.25) is 5.78 Å². The first-order chi connectivity index (χ1) is 14.5. The van der Waals surface area contributed by atoms with Crippen LogP contribution in [0.15, 0.2) is 66.4 Å². The van der Waals surface area contributed by atoms with Crippen molar-refractivity contribution < 1.29 is 23.8 Å². The second-order valence-corrected chi connectivity index (χ2v) is 7.14. The van der Waals surface area contributed by atoms with Crippen molar-refractivity contribution in [3.05, 3.63) is 93.2 Å². The maximum atomic E-state index is 12.6. The number of rotatable bonds is 4. The zero-order valence-corrected chi connectivity index (χ0v) is 17.2. The monoisotopic (exact) mass is 440 g/mol. The van der Waals surface area contributed by atoms with Gasteiger partial charge in [-0.25, -0.2) is 4.79 Å². The highest BCUT2D eigenvalue weighted by Crippen LogP contribution is 2.36. The summed E-state index contributed by atoms with van der Waals surface area (Å²) < 4.78 is 16.1. The van der Waals surface area contributed by atoms with E-state index in [0.717, 1.165) is 0 Å². The largest absolute Gasteiger partial charge is 0.497 e. The zero-order chi connectivity index (χ0) is 21.3. The topological polar surface area (TPSA) is 61.8 Å². The number of fused-ring (bicyclic) bond motifs is 1. The van der Waals surface area contributed by atoms with Crippen molar-refractivity contribution >= 4 is 41.0 Å². The lowest BCUT2D eigenvalue weighted by molar-refractivity contribution is 0.0734. The number of ketones is 1. The Bertz CT molecular complexity index is 1180. The van der Waals surface area contributed by atoms with Gasteiger partial charge < -0.3 is 14.2 Å². The Balaban J connectivity index is 1.55. The van der Waals surface area contributed by atoms with Crippen molar-refractivity contribution in [1.82, 2.24) is 0 Å². The Kier molecular flexibility index (Phi) is 5.48. The minimum atomic E-state index is -0.539. The van der Waals surface area contributed by atoms with Crippen LogP contribution in [0.25, 0.3) is 6.08 Å². The number of ether oxygens (including phenoxy) is 3. The molecular formula is C23H14Cl2O5. The van der Waals surface area contributed by atoms with E-state index in [2.05, 4.69) is 0 Å². The van der Waals surface area contributed by atoms with E-state index in [9.17, 15) is 9.59 Å². The summed E-state index contributed by atoms with van der Waals surface area (Å²) in [6.07, 6.45) is 1.53. The SMILES string of the molecule is COc1ccc(C(=O)Oc2ccc3c(c2)OC(=Cc2cccc(Cl)c2Cl)C3=O)cc1. The Morgan fingerprint density at radius 1 is 1.00 bits per heavy atom. The number of carbonyl (C=O) groups is 2. The van der Waals surface area contributed by atoms with E-state index in [0.29, 0.717) is 38.2 Å². The summed E-state index contributed by atoms with van der Waals surface area (Å²) in [4.78, 5) is 25.0. The van der Waals surface area contributed by atoms with Crippen molar-refractivity contribution in [1.29, 1.82) is 0 Å². The van der Waals surface area contributed by atoms with Gasteiger partial charge in [0.15, 0.2) is 5.76 Å². The lowest BCUT2D eigenvalue weighted by atomic mass is 10.1. The zero-order valence-electron chi connectivity index (χ0n) is 15.6. The molecule has 3 aromatic rings. The Morgan fingerprint density at radius 3 is 2.47 bits per heavy atom. The van der Waals surface area contributed by atoms with Crippen molar-refractivity contribution in [3.63, 3.8) is 0 Å². The van der Waals surface area contributed by atoms with E-state index in [1.165, 1.54) is 18.2 Å². The Morgan fingerprint density at radius 2 is 1.73 bits per heavy atom. The summed E-state index contributed by atoms with van der Waals surface area (Å²) in [5.74, 6) is 0.453.